The largest absolute Gasteiger partial charge is 0.478 e. The number of aromatic carboxylic acids is 1. The molecule has 21 heavy (non-hydrogen) atoms. The Morgan fingerprint density at radius 3 is 2.19 bits per heavy atom. The van der Waals surface area contributed by atoms with Crippen LogP contribution in [0.2, 0.25) is 0 Å². The number of carboxylic acid groups (broad SMARTS) is 1. The molecular weight excluding hydrogens is 262 g/mol. The Kier molecular flexibility index (Phi) is 4.76. The van der Waals surface area contributed by atoms with Gasteiger partial charge in [-0.25, -0.2) is 4.79 Å². The van der Waals surface area contributed by atoms with E-state index in [9.17, 15) is 4.79 Å². The summed E-state index contributed by atoms with van der Waals surface area (Å²) in [6.07, 6.45) is 0. The minimum Gasteiger partial charge on any atom is -0.478 e. The van der Waals surface area contributed by atoms with Crippen molar-refractivity contribution < 1.29 is 9.90 Å². The van der Waals surface area contributed by atoms with Crippen molar-refractivity contribution in [3.63, 3.8) is 0 Å². The fraction of sp³-hybridized carbons (Fsp3) is 0.278. The van der Waals surface area contributed by atoms with Crippen LogP contribution in [-0.2, 0) is 13.1 Å². The Bertz CT molecular complexity index is 649. The maximum atomic E-state index is 11.0. The topological polar surface area (TPSA) is 40.5 Å². The molecule has 0 heterocycles. The van der Waals surface area contributed by atoms with Gasteiger partial charge in [0.25, 0.3) is 0 Å². The molecule has 0 spiro atoms. The molecule has 0 saturated carbocycles. The molecule has 0 bridgehead atoms. The maximum Gasteiger partial charge on any atom is 0.335 e. The highest BCUT2D eigenvalue weighted by molar-refractivity contribution is 5.87. The average molecular weight is 283 g/mol. The molecule has 0 aliphatic rings. The lowest BCUT2D eigenvalue weighted by Crippen LogP contribution is -2.18. The van der Waals surface area contributed by atoms with Crippen molar-refractivity contribution in [3.05, 3.63) is 70.3 Å². The number of carbonyl (C=O) groups is 1. The first-order valence-corrected chi connectivity index (χ1v) is 7.03. The van der Waals surface area contributed by atoms with Crippen LogP contribution in [0.4, 0.5) is 0 Å². The Morgan fingerprint density at radius 1 is 1.00 bits per heavy atom. The van der Waals surface area contributed by atoms with Gasteiger partial charge in [-0.2, -0.15) is 0 Å². The van der Waals surface area contributed by atoms with E-state index in [0.717, 1.165) is 24.2 Å². The molecule has 0 saturated heterocycles. The van der Waals surface area contributed by atoms with Crippen molar-refractivity contribution >= 4 is 5.97 Å². The summed E-state index contributed by atoms with van der Waals surface area (Å²) in [6.45, 7) is 5.77. The second-order valence-electron chi connectivity index (χ2n) is 5.55. The van der Waals surface area contributed by atoms with E-state index in [1.54, 1.807) is 12.1 Å². The third-order valence-electron chi connectivity index (χ3n) is 3.73. The molecule has 0 unspecified atom stereocenters. The molecule has 0 aliphatic carbocycles. The fourth-order valence-electron chi connectivity index (χ4n) is 2.43. The zero-order valence-electron chi connectivity index (χ0n) is 12.8. The second-order valence-corrected chi connectivity index (χ2v) is 5.55. The van der Waals surface area contributed by atoms with Gasteiger partial charge in [-0.1, -0.05) is 30.3 Å². The van der Waals surface area contributed by atoms with Gasteiger partial charge >= 0.3 is 5.97 Å². The first-order chi connectivity index (χ1) is 9.97. The van der Waals surface area contributed by atoms with Gasteiger partial charge in [0.15, 0.2) is 0 Å². The maximum absolute atomic E-state index is 11.0. The molecule has 0 aromatic heterocycles. The molecule has 3 heteroatoms. The molecule has 1 N–H and O–H groups in total. The van der Waals surface area contributed by atoms with E-state index in [4.69, 9.17) is 5.11 Å². The summed E-state index contributed by atoms with van der Waals surface area (Å²) < 4.78 is 0. The molecule has 0 aliphatic heterocycles. The van der Waals surface area contributed by atoms with Gasteiger partial charge in [0.05, 0.1) is 5.56 Å². The lowest BCUT2D eigenvalue weighted by atomic mass is 10.0. The van der Waals surface area contributed by atoms with Crippen molar-refractivity contribution in [2.45, 2.75) is 26.9 Å². The molecule has 2 aromatic carbocycles. The number of hydrogen-bond acceptors (Lipinski definition) is 2. The van der Waals surface area contributed by atoms with Crippen LogP contribution in [0.3, 0.4) is 0 Å². The lowest BCUT2D eigenvalue weighted by Gasteiger charge is -2.19. The van der Waals surface area contributed by atoms with Crippen LogP contribution in [0.15, 0.2) is 42.5 Å². The number of nitrogens with zero attached hydrogens (tertiary/aromatic N) is 1. The first kappa shape index (κ1) is 15.3. The van der Waals surface area contributed by atoms with E-state index in [2.05, 4.69) is 37.1 Å². The highest BCUT2D eigenvalue weighted by Gasteiger charge is 2.08. The zero-order chi connectivity index (χ0) is 15.4. The predicted octanol–water partition coefficient (Wildman–Crippen LogP) is 3.63. The van der Waals surface area contributed by atoms with Crippen LogP contribution in [0.1, 0.15) is 32.6 Å². The quantitative estimate of drug-likeness (QED) is 0.911. The summed E-state index contributed by atoms with van der Waals surface area (Å²) in [5, 5.41) is 9.00. The summed E-state index contributed by atoms with van der Waals surface area (Å²) in [5.74, 6) is -0.877. The minimum absolute atomic E-state index is 0.345. The molecule has 2 rings (SSSR count). The van der Waals surface area contributed by atoms with E-state index in [0.29, 0.717) is 5.56 Å². The summed E-state index contributed by atoms with van der Waals surface area (Å²) in [4.78, 5) is 13.2. The van der Waals surface area contributed by atoms with E-state index in [1.807, 2.05) is 19.1 Å². The van der Waals surface area contributed by atoms with E-state index >= 15 is 0 Å². The van der Waals surface area contributed by atoms with Crippen LogP contribution < -0.4 is 0 Å². The molecule has 3 nitrogen and oxygen atoms in total. The van der Waals surface area contributed by atoms with Crippen molar-refractivity contribution in [2.75, 3.05) is 7.05 Å². The van der Waals surface area contributed by atoms with E-state index in [-0.39, 0.29) is 0 Å². The third kappa shape index (κ3) is 3.92. The van der Waals surface area contributed by atoms with Gasteiger partial charge < -0.3 is 5.11 Å². The number of rotatable bonds is 5. The number of hydrogen-bond donors (Lipinski definition) is 1. The number of benzene rings is 2. The third-order valence-corrected chi connectivity index (χ3v) is 3.73. The summed E-state index contributed by atoms with van der Waals surface area (Å²) in [6, 6.07) is 13.7. The average Bonchev–Trinajstić information content (AvgIpc) is 2.43. The van der Waals surface area contributed by atoms with Gasteiger partial charge in [-0.15, -0.1) is 0 Å². The molecule has 0 radical (unpaired) electrons. The highest BCUT2D eigenvalue weighted by atomic mass is 16.4. The standard InChI is InChI=1S/C18H21NO2/c1-13-6-4-5-7-16(13)11-19(3)12-17-9-8-15(18(20)21)10-14(17)2/h4-10H,11-12H2,1-3H3,(H,20,21). The van der Waals surface area contributed by atoms with Crippen LogP contribution in [-0.4, -0.2) is 23.0 Å². The first-order valence-electron chi connectivity index (χ1n) is 7.03. The van der Waals surface area contributed by atoms with Gasteiger partial charge in [0.2, 0.25) is 0 Å². The van der Waals surface area contributed by atoms with Crippen LogP contribution in [0.5, 0.6) is 0 Å². The number of aryl methyl sites for hydroxylation is 2. The summed E-state index contributed by atoms with van der Waals surface area (Å²) >= 11 is 0. The molecule has 0 atom stereocenters. The van der Waals surface area contributed by atoms with E-state index < -0.39 is 5.97 Å². The smallest absolute Gasteiger partial charge is 0.335 e. The van der Waals surface area contributed by atoms with Crippen LogP contribution in [0.25, 0.3) is 0 Å². The highest BCUT2D eigenvalue weighted by Crippen LogP contribution is 2.16. The van der Waals surface area contributed by atoms with Crippen molar-refractivity contribution in [2.24, 2.45) is 0 Å². The van der Waals surface area contributed by atoms with Crippen molar-refractivity contribution in [3.8, 4) is 0 Å². The molecule has 2 aromatic rings. The molecule has 110 valence electrons. The van der Waals surface area contributed by atoms with Gasteiger partial charge in [0, 0.05) is 13.1 Å². The Balaban J connectivity index is 2.08. The Morgan fingerprint density at radius 2 is 1.62 bits per heavy atom. The minimum atomic E-state index is -0.877. The zero-order valence-corrected chi connectivity index (χ0v) is 12.8. The molecule has 0 amide bonds. The second kappa shape index (κ2) is 6.55. The Labute approximate surface area is 125 Å². The van der Waals surface area contributed by atoms with Crippen molar-refractivity contribution in [1.29, 1.82) is 0 Å². The monoisotopic (exact) mass is 283 g/mol. The Hall–Kier alpha value is -2.13. The van der Waals surface area contributed by atoms with Gasteiger partial charge in [-0.3, -0.25) is 4.90 Å². The SMILES string of the molecule is Cc1ccccc1CN(C)Cc1ccc(C(=O)O)cc1C. The van der Waals surface area contributed by atoms with E-state index in [1.165, 1.54) is 11.1 Å². The number of carboxylic acids is 1. The molecular formula is C18H21NO2. The summed E-state index contributed by atoms with van der Waals surface area (Å²) in [5.41, 5.74) is 5.14. The van der Waals surface area contributed by atoms with Crippen LogP contribution >= 0.6 is 0 Å². The van der Waals surface area contributed by atoms with Crippen LogP contribution in [0, 0.1) is 13.8 Å². The summed E-state index contributed by atoms with van der Waals surface area (Å²) in [7, 11) is 2.08. The van der Waals surface area contributed by atoms with Crippen molar-refractivity contribution in [1.82, 2.24) is 4.90 Å². The lowest BCUT2D eigenvalue weighted by molar-refractivity contribution is 0.0696. The fourth-order valence-corrected chi connectivity index (χ4v) is 2.43. The van der Waals surface area contributed by atoms with Gasteiger partial charge in [-0.05, 0) is 55.3 Å². The normalized spacial score (nSPS) is 10.9. The van der Waals surface area contributed by atoms with Gasteiger partial charge in [0.1, 0.15) is 0 Å². The predicted molar refractivity (Wildman–Crippen MR) is 84.5 cm³/mol. The molecule has 0 fully saturated rings.